The third kappa shape index (κ3) is 9.38. The Hall–Kier alpha value is -5.23. The van der Waals surface area contributed by atoms with Gasteiger partial charge in [-0.3, -0.25) is 19.1 Å². The van der Waals surface area contributed by atoms with Crippen molar-refractivity contribution in [3.8, 4) is 22.4 Å². The number of hydrogen-bond donors (Lipinski definition) is 3. The molecule has 0 bridgehead atoms. The number of carbonyl (C=O) groups excluding carboxylic acids is 3. The van der Waals surface area contributed by atoms with Crippen LogP contribution in [0, 0.1) is 24.5 Å². The van der Waals surface area contributed by atoms with Gasteiger partial charge in [0.2, 0.25) is 5.91 Å². The second-order valence-corrected chi connectivity index (χ2v) is 15.6. The lowest BCUT2D eigenvalue weighted by molar-refractivity contribution is -0.906. The number of carboxylic acid groups (broad SMARTS) is 1. The molecule has 3 amide bonds. The minimum atomic E-state index is -1.10. The number of anilines is 1. The number of likely N-dealkylation sites (N-methyl/N-ethyl adjacent to an activating group) is 1. The lowest BCUT2D eigenvalue weighted by Crippen LogP contribution is -2.57. The lowest BCUT2D eigenvalue weighted by atomic mass is 10.0. The molecule has 2 aromatic carbocycles. The van der Waals surface area contributed by atoms with E-state index >= 15 is 8.78 Å². The number of halogens is 3. The highest BCUT2D eigenvalue weighted by Gasteiger charge is 2.33. The molecule has 0 saturated carbocycles. The van der Waals surface area contributed by atoms with Gasteiger partial charge in [0.15, 0.2) is 24.0 Å². The Morgan fingerprint density at radius 2 is 1.71 bits per heavy atom. The van der Waals surface area contributed by atoms with Crippen LogP contribution in [0.25, 0.3) is 22.4 Å². The zero-order chi connectivity index (χ0) is 41.7. The van der Waals surface area contributed by atoms with Crippen molar-refractivity contribution in [2.24, 2.45) is 13.0 Å². The summed E-state index contributed by atoms with van der Waals surface area (Å²) in [7, 11) is 5.01. The van der Waals surface area contributed by atoms with Crippen LogP contribution < -0.4 is 10.6 Å². The first kappa shape index (κ1) is 42.4. The maximum absolute atomic E-state index is 15.6. The number of aliphatic carboxylic acids is 1. The molecule has 310 valence electrons. The van der Waals surface area contributed by atoms with E-state index in [1.165, 1.54) is 54.3 Å². The summed E-state index contributed by atoms with van der Waals surface area (Å²) in [6.07, 6.45) is 3.64. The monoisotopic (exact) mass is 824 g/mol. The van der Waals surface area contributed by atoms with Crippen LogP contribution in [-0.2, 0) is 27.9 Å². The largest absolute Gasteiger partial charge is 0.477 e. The minimum Gasteiger partial charge on any atom is -0.477 e. The third-order valence-electron chi connectivity index (χ3n) is 11.0. The van der Waals surface area contributed by atoms with Crippen LogP contribution in [0.4, 0.5) is 14.5 Å². The topological polar surface area (TPSA) is 164 Å². The molecule has 0 spiro atoms. The predicted molar refractivity (Wildman–Crippen MR) is 212 cm³/mol. The van der Waals surface area contributed by atoms with Crippen molar-refractivity contribution in [3.05, 3.63) is 76.5 Å². The fourth-order valence-corrected chi connectivity index (χ4v) is 7.92. The number of piperazine rings is 1. The van der Waals surface area contributed by atoms with Gasteiger partial charge in [-0.15, -0.1) is 0 Å². The molecule has 3 N–H and O–H groups in total. The molecule has 2 saturated heterocycles. The van der Waals surface area contributed by atoms with E-state index in [0.29, 0.717) is 80.4 Å². The Morgan fingerprint density at radius 1 is 1.02 bits per heavy atom. The van der Waals surface area contributed by atoms with Gasteiger partial charge in [0.25, 0.3) is 11.8 Å². The molecule has 6 rings (SSSR count). The SMILES string of the molecule is COCCn1ncc(-c2ccc(-c3cnc(C(=O)Nc4ccc(C(=O)N5CCN(C(=O)CCC[N+](C)(CC(=O)O)CC6CNC6)CC5)c(Cl)c4)n3C)c(F)c2F)c1C. The smallest absolute Gasteiger partial charge is 0.359 e. The van der Waals surface area contributed by atoms with Crippen LogP contribution in [-0.4, -0.2) is 142 Å². The number of rotatable bonds is 16. The second kappa shape index (κ2) is 18.1. The Balaban J connectivity index is 1.03. The van der Waals surface area contributed by atoms with Gasteiger partial charge in [0, 0.05) is 100 Å². The molecule has 18 heteroatoms. The number of carboxylic acids is 1. The van der Waals surface area contributed by atoms with E-state index in [2.05, 4.69) is 20.7 Å². The van der Waals surface area contributed by atoms with Gasteiger partial charge in [-0.25, -0.2) is 18.6 Å². The number of quaternary nitrogens is 1. The number of amides is 3. The van der Waals surface area contributed by atoms with Gasteiger partial charge in [0.1, 0.15) is 0 Å². The van der Waals surface area contributed by atoms with Crippen LogP contribution in [0.1, 0.15) is 39.5 Å². The van der Waals surface area contributed by atoms with Crippen LogP contribution in [0.2, 0.25) is 5.02 Å². The number of methoxy groups -OCH3 is 1. The molecular formula is C40H49ClF2N9O6+. The number of nitrogens with one attached hydrogen (secondary N) is 2. The fourth-order valence-electron chi connectivity index (χ4n) is 7.66. The number of aromatic nitrogens is 4. The normalized spacial score (nSPS) is 15.6. The van der Waals surface area contributed by atoms with E-state index in [1.54, 1.807) is 28.5 Å². The van der Waals surface area contributed by atoms with E-state index in [-0.39, 0.29) is 57.3 Å². The predicted octanol–water partition coefficient (Wildman–Crippen LogP) is 3.90. The summed E-state index contributed by atoms with van der Waals surface area (Å²) in [5.74, 6) is -3.62. The van der Waals surface area contributed by atoms with E-state index in [4.69, 9.17) is 16.3 Å². The number of carbonyl (C=O) groups is 4. The molecule has 0 aliphatic carbocycles. The van der Waals surface area contributed by atoms with Crippen LogP contribution in [0.3, 0.4) is 0 Å². The maximum Gasteiger partial charge on any atom is 0.359 e. The molecule has 2 aliphatic heterocycles. The van der Waals surface area contributed by atoms with Crippen LogP contribution in [0.5, 0.6) is 0 Å². The second-order valence-electron chi connectivity index (χ2n) is 15.2. The molecule has 4 heterocycles. The Morgan fingerprint density at radius 3 is 2.36 bits per heavy atom. The first-order valence-corrected chi connectivity index (χ1v) is 19.5. The first-order valence-electron chi connectivity index (χ1n) is 19.2. The lowest BCUT2D eigenvalue weighted by Gasteiger charge is -2.39. The maximum atomic E-state index is 15.6. The van der Waals surface area contributed by atoms with Crippen molar-refractivity contribution < 1.29 is 42.3 Å². The minimum absolute atomic E-state index is 0.0137. The standard InChI is InChI=1S/C40H48ClF2N9O6/c1-25-31(21-46-51(25)15-17-58-4)28-9-10-30(37(43)36(28)42)33-22-45-38(48(33)2)39(56)47-27-7-8-29(32(41)18-27)40(57)50-13-11-49(12-14-50)34(53)6-5-16-52(3,24-35(54)55)23-26-19-44-20-26/h7-10,18,21-22,26,44H,5-6,11-17,19-20,23-24H2,1-4H3,(H-,47,54,55,56,57)/p+1. The van der Waals surface area contributed by atoms with Gasteiger partial charge < -0.3 is 39.3 Å². The summed E-state index contributed by atoms with van der Waals surface area (Å²) in [5.41, 5.74) is 1.78. The van der Waals surface area contributed by atoms with Crippen LogP contribution in [0.15, 0.2) is 42.7 Å². The summed E-state index contributed by atoms with van der Waals surface area (Å²) in [4.78, 5) is 58.8. The molecule has 4 aromatic rings. The van der Waals surface area contributed by atoms with E-state index in [1.807, 2.05) is 7.05 Å². The summed E-state index contributed by atoms with van der Waals surface area (Å²) in [6.45, 7) is 7.10. The Bertz CT molecular complexity index is 2180. The third-order valence-corrected chi connectivity index (χ3v) is 11.3. The quantitative estimate of drug-likeness (QED) is 0.142. The molecule has 1 unspecified atom stereocenters. The fraction of sp³-hybridized carbons (Fsp3) is 0.450. The van der Waals surface area contributed by atoms with E-state index in [0.717, 1.165) is 19.6 Å². The number of hydrogen-bond acceptors (Lipinski definition) is 8. The van der Waals surface area contributed by atoms with E-state index in [9.17, 15) is 24.3 Å². The van der Waals surface area contributed by atoms with Crippen molar-refractivity contribution >= 4 is 41.0 Å². The summed E-state index contributed by atoms with van der Waals surface area (Å²) >= 11 is 6.55. The Labute approximate surface area is 340 Å². The highest BCUT2D eigenvalue weighted by molar-refractivity contribution is 6.34. The molecular weight excluding hydrogens is 776 g/mol. The van der Waals surface area contributed by atoms with Gasteiger partial charge in [0.05, 0.1) is 62.0 Å². The molecule has 2 aliphatic rings. The average Bonchev–Trinajstić information content (AvgIpc) is 3.74. The van der Waals surface area contributed by atoms with Crippen molar-refractivity contribution in [1.82, 2.24) is 34.4 Å². The highest BCUT2D eigenvalue weighted by atomic mass is 35.5. The van der Waals surface area contributed by atoms with Crippen LogP contribution >= 0.6 is 11.6 Å². The molecule has 15 nitrogen and oxygen atoms in total. The van der Waals surface area contributed by atoms with Gasteiger partial charge in [-0.1, -0.05) is 17.7 Å². The molecule has 0 radical (unpaired) electrons. The molecule has 2 aromatic heterocycles. The summed E-state index contributed by atoms with van der Waals surface area (Å²) in [6, 6.07) is 7.39. The zero-order valence-electron chi connectivity index (χ0n) is 33.1. The number of ether oxygens (including phenoxy) is 1. The van der Waals surface area contributed by atoms with Gasteiger partial charge in [-0.05, 0) is 31.2 Å². The van der Waals surface area contributed by atoms with Gasteiger partial charge >= 0.3 is 5.97 Å². The number of benzene rings is 2. The van der Waals surface area contributed by atoms with E-state index < -0.39 is 23.5 Å². The van der Waals surface area contributed by atoms with Crippen molar-refractivity contribution in [3.63, 3.8) is 0 Å². The highest BCUT2D eigenvalue weighted by Crippen LogP contribution is 2.33. The molecule has 58 heavy (non-hydrogen) atoms. The van der Waals surface area contributed by atoms with Crippen molar-refractivity contribution in [2.75, 3.05) is 85.0 Å². The van der Waals surface area contributed by atoms with Gasteiger partial charge in [-0.2, -0.15) is 5.10 Å². The number of nitrogens with zero attached hydrogens (tertiary/aromatic N) is 7. The first-order chi connectivity index (χ1) is 27.7. The van der Waals surface area contributed by atoms with Crippen molar-refractivity contribution in [2.45, 2.75) is 26.3 Å². The summed E-state index contributed by atoms with van der Waals surface area (Å²) in [5, 5.41) is 19.7. The molecule has 1 atom stereocenters. The molecule has 2 fully saturated rings. The summed E-state index contributed by atoms with van der Waals surface area (Å²) < 4.78 is 39.5. The number of imidazole rings is 1. The average molecular weight is 825 g/mol. The Kier molecular flexibility index (Phi) is 13.3. The van der Waals surface area contributed by atoms with Crippen molar-refractivity contribution in [1.29, 1.82) is 0 Å². The zero-order valence-corrected chi connectivity index (χ0v) is 33.8.